The van der Waals surface area contributed by atoms with Gasteiger partial charge in [0.1, 0.15) is 11.9 Å². The Morgan fingerprint density at radius 1 is 1.05 bits per heavy atom. The molecule has 3 nitrogen and oxygen atoms in total. The second-order valence-electron chi connectivity index (χ2n) is 4.90. The Morgan fingerprint density at radius 2 is 1.71 bits per heavy atom. The summed E-state index contributed by atoms with van der Waals surface area (Å²) >= 11 is 0. The van der Waals surface area contributed by atoms with Crippen LogP contribution >= 0.6 is 0 Å². The van der Waals surface area contributed by atoms with Crippen LogP contribution in [0.1, 0.15) is 30.6 Å². The summed E-state index contributed by atoms with van der Waals surface area (Å²) in [4.78, 5) is 11.3. The van der Waals surface area contributed by atoms with Gasteiger partial charge in [0, 0.05) is 6.92 Å². The number of carbonyl (C=O) groups is 1. The molecule has 0 saturated heterocycles. The minimum Gasteiger partial charge on any atom is -0.497 e. The van der Waals surface area contributed by atoms with Crippen LogP contribution in [0.5, 0.6) is 5.75 Å². The maximum Gasteiger partial charge on any atom is 0.303 e. The fraction of sp³-hybridized carbons (Fsp3) is 0.278. The van der Waals surface area contributed by atoms with Crippen LogP contribution in [0.15, 0.2) is 54.6 Å². The van der Waals surface area contributed by atoms with E-state index < -0.39 is 0 Å². The second-order valence-corrected chi connectivity index (χ2v) is 4.90. The summed E-state index contributed by atoms with van der Waals surface area (Å²) in [5, 5.41) is 0. The van der Waals surface area contributed by atoms with E-state index in [1.165, 1.54) is 12.5 Å². The predicted octanol–water partition coefficient (Wildman–Crippen LogP) is 3.93. The van der Waals surface area contributed by atoms with Crippen LogP contribution < -0.4 is 4.74 Å². The van der Waals surface area contributed by atoms with Gasteiger partial charge in [-0.2, -0.15) is 0 Å². The van der Waals surface area contributed by atoms with Crippen molar-refractivity contribution in [2.45, 2.75) is 25.9 Å². The molecule has 0 saturated carbocycles. The molecule has 0 heterocycles. The van der Waals surface area contributed by atoms with Crippen LogP contribution in [0.25, 0.3) is 0 Å². The Kier molecular flexibility index (Phi) is 5.38. The molecule has 3 heteroatoms. The zero-order chi connectivity index (χ0) is 15.1. The van der Waals surface area contributed by atoms with Crippen LogP contribution in [-0.4, -0.2) is 13.1 Å². The summed E-state index contributed by atoms with van der Waals surface area (Å²) in [6, 6.07) is 17.8. The van der Waals surface area contributed by atoms with Gasteiger partial charge in [-0.25, -0.2) is 0 Å². The second kappa shape index (κ2) is 7.48. The minimum absolute atomic E-state index is 0.228. The Bertz CT molecular complexity index is 561. The molecule has 0 aliphatic carbocycles. The van der Waals surface area contributed by atoms with Crippen molar-refractivity contribution in [1.82, 2.24) is 0 Å². The molecule has 0 fully saturated rings. The number of esters is 1. The Labute approximate surface area is 125 Å². The number of aryl methyl sites for hydroxylation is 1. The summed E-state index contributed by atoms with van der Waals surface area (Å²) in [6.45, 7) is 1.44. The SMILES string of the molecule is COc1ccc([C@@H](CCc2ccccc2)OC(C)=O)cc1. The van der Waals surface area contributed by atoms with Gasteiger partial charge in [-0.3, -0.25) is 4.79 Å². The van der Waals surface area contributed by atoms with Gasteiger partial charge in [-0.1, -0.05) is 42.5 Å². The van der Waals surface area contributed by atoms with Gasteiger partial charge in [-0.15, -0.1) is 0 Å². The summed E-state index contributed by atoms with van der Waals surface area (Å²) in [7, 11) is 1.63. The van der Waals surface area contributed by atoms with Gasteiger partial charge in [0.15, 0.2) is 0 Å². The molecule has 0 aliphatic heterocycles. The molecule has 0 aliphatic rings. The van der Waals surface area contributed by atoms with Crippen molar-refractivity contribution < 1.29 is 14.3 Å². The fourth-order valence-electron chi connectivity index (χ4n) is 2.25. The lowest BCUT2D eigenvalue weighted by Gasteiger charge is -2.18. The molecule has 0 unspecified atom stereocenters. The molecule has 21 heavy (non-hydrogen) atoms. The normalized spacial score (nSPS) is 11.7. The smallest absolute Gasteiger partial charge is 0.303 e. The first-order valence-electron chi connectivity index (χ1n) is 7.04. The molecular formula is C18H20O3. The minimum atomic E-state index is -0.260. The number of ether oxygens (including phenoxy) is 2. The van der Waals surface area contributed by atoms with Crippen LogP contribution in [0.3, 0.4) is 0 Å². The quantitative estimate of drug-likeness (QED) is 0.754. The molecule has 0 radical (unpaired) electrons. The maximum atomic E-state index is 11.3. The zero-order valence-electron chi connectivity index (χ0n) is 12.4. The highest BCUT2D eigenvalue weighted by Gasteiger charge is 2.15. The largest absolute Gasteiger partial charge is 0.497 e. The first-order valence-corrected chi connectivity index (χ1v) is 7.04. The lowest BCUT2D eigenvalue weighted by atomic mass is 10.0. The van der Waals surface area contributed by atoms with Crippen molar-refractivity contribution in [3.8, 4) is 5.75 Å². The van der Waals surface area contributed by atoms with Crippen molar-refractivity contribution in [3.63, 3.8) is 0 Å². The van der Waals surface area contributed by atoms with E-state index >= 15 is 0 Å². The predicted molar refractivity (Wildman–Crippen MR) is 82.3 cm³/mol. The molecule has 0 N–H and O–H groups in total. The van der Waals surface area contributed by atoms with Crippen LogP contribution in [0.2, 0.25) is 0 Å². The van der Waals surface area contributed by atoms with Crippen molar-refractivity contribution >= 4 is 5.97 Å². The van der Waals surface area contributed by atoms with E-state index in [1.54, 1.807) is 7.11 Å². The molecule has 0 aromatic heterocycles. The first kappa shape index (κ1) is 15.1. The van der Waals surface area contributed by atoms with Crippen molar-refractivity contribution in [2.75, 3.05) is 7.11 Å². The molecule has 2 aromatic rings. The first-order chi connectivity index (χ1) is 10.2. The van der Waals surface area contributed by atoms with Crippen molar-refractivity contribution in [3.05, 3.63) is 65.7 Å². The summed E-state index contributed by atoms with van der Waals surface area (Å²) in [5.41, 5.74) is 2.23. The Morgan fingerprint density at radius 3 is 2.29 bits per heavy atom. The van der Waals surface area contributed by atoms with E-state index in [2.05, 4.69) is 12.1 Å². The molecule has 0 bridgehead atoms. The molecule has 0 amide bonds. The number of rotatable bonds is 6. The van der Waals surface area contributed by atoms with Gasteiger partial charge in [0.25, 0.3) is 0 Å². The maximum absolute atomic E-state index is 11.3. The van der Waals surface area contributed by atoms with Crippen LogP contribution in [0, 0.1) is 0 Å². The summed E-state index contributed by atoms with van der Waals surface area (Å²) in [6.07, 6.45) is 1.40. The molecule has 2 aromatic carbocycles. The average molecular weight is 284 g/mol. The molecule has 2 rings (SSSR count). The molecule has 110 valence electrons. The standard InChI is InChI=1S/C18H20O3/c1-14(19)21-18(13-8-15-6-4-3-5-7-15)16-9-11-17(20-2)12-10-16/h3-7,9-12,18H,8,13H2,1-2H3/t18-/m1/s1. The summed E-state index contributed by atoms with van der Waals surface area (Å²) in [5.74, 6) is 0.535. The fourth-order valence-corrected chi connectivity index (χ4v) is 2.25. The van der Waals surface area contributed by atoms with Gasteiger partial charge < -0.3 is 9.47 Å². The topological polar surface area (TPSA) is 35.5 Å². The van der Waals surface area contributed by atoms with Crippen molar-refractivity contribution in [2.24, 2.45) is 0 Å². The highest BCUT2D eigenvalue weighted by Crippen LogP contribution is 2.25. The number of methoxy groups -OCH3 is 1. The molecule has 1 atom stereocenters. The van der Waals surface area contributed by atoms with Gasteiger partial charge in [-0.05, 0) is 36.1 Å². The third kappa shape index (κ3) is 4.63. The van der Waals surface area contributed by atoms with Gasteiger partial charge >= 0.3 is 5.97 Å². The van der Waals surface area contributed by atoms with Gasteiger partial charge in [0.2, 0.25) is 0 Å². The van der Waals surface area contributed by atoms with E-state index in [4.69, 9.17) is 9.47 Å². The van der Waals surface area contributed by atoms with Crippen LogP contribution in [-0.2, 0) is 16.0 Å². The highest BCUT2D eigenvalue weighted by atomic mass is 16.5. The Balaban J connectivity index is 2.07. The number of hydrogen-bond donors (Lipinski definition) is 0. The monoisotopic (exact) mass is 284 g/mol. The number of benzene rings is 2. The number of carbonyl (C=O) groups excluding carboxylic acids is 1. The van der Waals surface area contributed by atoms with E-state index in [-0.39, 0.29) is 12.1 Å². The van der Waals surface area contributed by atoms with E-state index in [9.17, 15) is 4.79 Å². The highest BCUT2D eigenvalue weighted by molar-refractivity contribution is 5.66. The summed E-state index contributed by atoms with van der Waals surface area (Å²) < 4.78 is 10.6. The van der Waals surface area contributed by atoms with E-state index in [0.29, 0.717) is 0 Å². The molecular weight excluding hydrogens is 264 g/mol. The molecule has 0 spiro atoms. The lowest BCUT2D eigenvalue weighted by molar-refractivity contribution is -0.147. The van der Waals surface area contributed by atoms with Gasteiger partial charge in [0.05, 0.1) is 7.11 Å². The third-order valence-electron chi connectivity index (χ3n) is 3.33. The van der Waals surface area contributed by atoms with Crippen LogP contribution in [0.4, 0.5) is 0 Å². The third-order valence-corrected chi connectivity index (χ3v) is 3.33. The average Bonchev–Trinajstić information content (AvgIpc) is 2.52. The Hall–Kier alpha value is -2.29. The lowest BCUT2D eigenvalue weighted by Crippen LogP contribution is -2.09. The van der Waals surface area contributed by atoms with E-state index in [0.717, 1.165) is 24.2 Å². The zero-order valence-corrected chi connectivity index (χ0v) is 12.4. The number of hydrogen-bond acceptors (Lipinski definition) is 3. The van der Waals surface area contributed by atoms with Crippen molar-refractivity contribution in [1.29, 1.82) is 0 Å². The van der Waals surface area contributed by atoms with E-state index in [1.807, 2.05) is 42.5 Å².